The first kappa shape index (κ1) is 18.9. The van der Waals surface area contributed by atoms with E-state index in [9.17, 15) is 9.59 Å². The normalized spacial score (nSPS) is 20.8. The van der Waals surface area contributed by atoms with E-state index >= 15 is 0 Å². The minimum atomic E-state index is -0.126. The van der Waals surface area contributed by atoms with Crippen LogP contribution < -0.4 is 15.5 Å². The average molecular weight is 384 g/mol. The minimum Gasteiger partial charge on any atom is -0.347 e. The molecule has 3 heterocycles. The maximum atomic E-state index is 13.2. The fourth-order valence-electron chi connectivity index (χ4n) is 4.36. The van der Waals surface area contributed by atoms with E-state index in [4.69, 9.17) is 0 Å². The molecule has 2 aliphatic rings. The highest BCUT2D eigenvalue weighted by molar-refractivity contribution is 6.02. The first-order valence-corrected chi connectivity index (χ1v) is 10.3. The van der Waals surface area contributed by atoms with Gasteiger partial charge in [0.25, 0.3) is 0 Å². The zero-order valence-electron chi connectivity index (χ0n) is 16.1. The Kier molecular flexibility index (Phi) is 5.85. The number of aromatic nitrogens is 3. The first-order valence-electron chi connectivity index (χ1n) is 10.3. The molecule has 150 valence electrons. The molecule has 3 N–H and O–H groups in total. The Hall–Kier alpha value is -2.48. The van der Waals surface area contributed by atoms with Gasteiger partial charge in [0.05, 0.1) is 18.0 Å². The number of aromatic amines is 1. The van der Waals surface area contributed by atoms with Gasteiger partial charge in [-0.3, -0.25) is 14.5 Å². The van der Waals surface area contributed by atoms with Crippen LogP contribution in [0.2, 0.25) is 0 Å². The van der Waals surface area contributed by atoms with Crippen LogP contribution in [0, 0.1) is 5.92 Å². The fraction of sp³-hybridized carbons (Fsp3) is 0.600. The summed E-state index contributed by atoms with van der Waals surface area (Å²) in [7, 11) is 0. The smallest absolute Gasteiger partial charge is 0.247 e. The molecule has 0 radical (unpaired) electrons. The van der Waals surface area contributed by atoms with Crippen LogP contribution in [-0.4, -0.2) is 52.4 Å². The van der Waals surface area contributed by atoms with Gasteiger partial charge in [-0.2, -0.15) is 0 Å². The molecular weight excluding hydrogens is 356 g/mol. The number of fused-ring (bicyclic) bond motifs is 1. The van der Waals surface area contributed by atoms with Gasteiger partial charge in [-0.1, -0.05) is 19.3 Å². The Bertz CT molecular complexity index is 823. The van der Waals surface area contributed by atoms with Crippen LogP contribution in [0.1, 0.15) is 44.9 Å². The molecule has 8 heteroatoms. The summed E-state index contributed by atoms with van der Waals surface area (Å²) in [5.74, 6) is 0.530. The molecule has 0 bridgehead atoms. The van der Waals surface area contributed by atoms with Crippen molar-refractivity contribution in [2.24, 2.45) is 5.92 Å². The van der Waals surface area contributed by atoms with E-state index in [1.165, 1.54) is 12.7 Å². The van der Waals surface area contributed by atoms with Gasteiger partial charge in [0.15, 0.2) is 0 Å². The molecule has 0 aromatic carbocycles. The zero-order chi connectivity index (χ0) is 19.3. The van der Waals surface area contributed by atoms with E-state index in [0.29, 0.717) is 11.5 Å². The Morgan fingerprint density at radius 1 is 1.14 bits per heavy atom. The Morgan fingerprint density at radius 3 is 2.79 bits per heavy atom. The molecule has 1 aliphatic carbocycles. The van der Waals surface area contributed by atoms with E-state index in [1.807, 2.05) is 6.07 Å². The summed E-state index contributed by atoms with van der Waals surface area (Å²) in [4.78, 5) is 39.2. The quantitative estimate of drug-likeness (QED) is 0.729. The van der Waals surface area contributed by atoms with Crippen molar-refractivity contribution in [1.29, 1.82) is 0 Å². The molecule has 2 fully saturated rings. The highest BCUT2D eigenvalue weighted by atomic mass is 16.2. The Morgan fingerprint density at radius 2 is 2.00 bits per heavy atom. The van der Waals surface area contributed by atoms with Crippen molar-refractivity contribution in [2.75, 3.05) is 24.5 Å². The first-order chi connectivity index (χ1) is 13.7. The molecule has 28 heavy (non-hydrogen) atoms. The molecule has 8 nitrogen and oxygen atoms in total. The number of carbonyl (C=O) groups excluding carboxylic acids is 2. The predicted molar refractivity (Wildman–Crippen MR) is 107 cm³/mol. The fourth-order valence-corrected chi connectivity index (χ4v) is 4.36. The van der Waals surface area contributed by atoms with E-state index in [2.05, 4.69) is 25.6 Å². The second kappa shape index (κ2) is 8.68. The summed E-state index contributed by atoms with van der Waals surface area (Å²) in [6.45, 7) is 1.68. The second-order valence-electron chi connectivity index (χ2n) is 7.75. The van der Waals surface area contributed by atoms with Crippen molar-refractivity contribution in [1.82, 2.24) is 25.6 Å². The SMILES string of the molecule is O=C(NCC(=O)N(c1ncnc2[nH]ccc12)C1CCCNC1)C1CCCCC1. The Balaban J connectivity index is 1.52. The molecule has 1 aliphatic heterocycles. The highest BCUT2D eigenvalue weighted by Crippen LogP contribution is 2.26. The van der Waals surface area contributed by atoms with Crippen molar-refractivity contribution < 1.29 is 9.59 Å². The van der Waals surface area contributed by atoms with E-state index in [1.54, 1.807) is 11.1 Å². The van der Waals surface area contributed by atoms with Crippen molar-refractivity contribution in [2.45, 2.75) is 51.0 Å². The maximum Gasteiger partial charge on any atom is 0.247 e. The number of piperidine rings is 1. The number of carbonyl (C=O) groups is 2. The van der Waals surface area contributed by atoms with Crippen LogP contribution in [0.15, 0.2) is 18.6 Å². The Labute approximate surface area is 164 Å². The average Bonchev–Trinajstić information content (AvgIpc) is 3.23. The molecule has 2 aromatic rings. The number of anilines is 1. The van der Waals surface area contributed by atoms with Gasteiger partial charge in [0.2, 0.25) is 11.8 Å². The van der Waals surface area contributed by atoms with Gasteiger partial charge in [0.1, 0.15) is 17.8 Å². The van der Waals surface area contributed by atoms with Crippen molar-refractivity contribution in [3.8, 4) is 0 Å². The number of nitrogens with zero attached hydrogens (tertiary/aromatic N) is 3. The van der Waals surface area contributed by atoms with E-state index in [0.717, 1.165) is 57.0 Å². The molecule has 1 atom stereocenters. The predicted octanol–water partition coefficient (Wildman–Crippen LogP) is 1.74. The molecule has 1 saturated carbocycles. The minimum absolute atomic E-state index is 0.00174. The standard InChI is InChI=1S/C20H28N6O2/c27-17(12-23-20(28)14-5-2-1-3-6-14)26(15-7-4-9-21-11-15)19-16-8-10-22-18(16)24-13-25-19/h8,10,13-15,21H,1-7,9,11-12H2,(H,23,28)(H,22,24,25). The summed E-state index contributed by atoms with van der Waals surface area (Å²) in [6.07, 6.45) is 10.4. The molecule has 2 aromatic heterocycles. The topological polar surface area (TPSA) is 103 Å². The molecule has 1 unspecified atom stereocenters. The van der Waals surface area contributed by atoms with Crippen molar-refractivity contribution >= 4 is 28.7 Å². The van der Waals surface area contributed by atoms with Crippen LogP contribution in [-0.2, 0) is 9.59 Å². The number of amides is 2. The van der Waals surface area contributed by atoms with Gasteiger partial charge in [-0.15, -0.1) is 0 Å². The molecule has 0 spiro atoms. The summed E-state index contributed by atoms with van der Waals surface area (Å²) >= 11 is 0. The van der Waals surface area contributed by atoms with Gasteiger partial charge in [0, 0.05) is 18.7 Å². The number of H-pyrrole nitrogens is 1. The largest absolute Gasteiger partial charge is 0.347 e. The summed E-state index contributed by atoms with van der Waals surface area (Å²) < 4.78 is 0. The van der Waals surface area contributed by atoms with Crippen LogP contribution in [0.3, 0.4) is 0 Å². The summed E-state index contributed by atoms with van der Waals surface area (Å²) in [5.41, 5.74) is 0.706. The van der Waals surface area contributed by atoms with E-state index < -0.39 is 0 Å². The third-order valence-electron chi connectivity index (χ3n) is 5.86. The molecular formula is C20H28N6O2. The third kappa shape index (κ3) is 4.01. The lowest BCUT2D eigenvalue weighted by Gasteiger charge is -2.34. The van der Waals surface area contributed by atoms with Crippen molar-refractivity contribution in [3.05, 3.63) is 18.6 Å². The summed E-state index contributed by atoms with van der Waals surface area (Å²) in [6, 6.07) is 1.91. The van der Waals surface area contributed by atoms with E-state index in [-0.39, 0.29) is 30.3 Å². The molecule has 2 amide bonds. The third-order valence-corrected chi connectivity index (χ3v) is 5.86. The maximum absolute atomic E-state index is 13.2. The van der Waals surface area contributed by atoms with Gasteiger partial charge < -0.3 is 15.6 Å². The number of rotatable bonds is 5. The van der Waals surface area contributed by atoms with Gasteiger partial charge >= 0.3 is 0 Å². The monoisotopic (exact) mass is 384 g/mol. The number of hydrogen-bond acceptors (Lipinski definition) is 5. The molecule has 4 rings (SSSR count). The highest BCUT2D eigenvalue weighted by Gasteiger charge is 2.30. The molecule has 1 saturated heterocycles. The number of hydrogen-bond donors (Lipinski definition) is 3. The lowest BCUT2D eigenvalue weighted by Crippen LogP contribution is -2.52. The van der Waals surface area contributed by atoms with Crippen LogP contribution >= 0.6 is 0 Å². The zero-order valence-corrected chi connectivity index (χ0v) is 16.1. The number of nitrogens with one attached hydrogen (secondary N) is 3. The van der Waals surface area contributed by atoms with Crippen LogP contribution in [0.25, 0.3) is 11.0 Å². The lowest BCUT2D eigenvalue weighted by molar-refractivity contribution is -0.128. The summed E-state index contributed by atoms with van der Waals surface area (Å²) in [5, 5.41) is 7.07. The second-order valence-corrected chi connectivity index (χ2v) is 7.75. The van der Waals surface area contributed by atoms with Gasteiger partial charge in [-0.05, 0) is 38.3 Å². The van der Waals surface area contributed by atoms with Gasteiger partial charge in [-0.25, -0.2) is 9.97 Å². The lowest BCUT2D eigenvalue weighted by atomic mass is 9.89. The van der Waals surface area contributed by atoms with Crippen molar-refractivity contribution in [3.63, 3.8) is 0 Å². The van der Waals surface area contributed by atoms with Crippen LogP contribution in [0.4, 0.5) is 5.82 Å². The van der Waals surface area contributed by atoms with Crippen LogP contribution in [0.5, 0.6) is 0 Å².